The quantitative estimate of drug-likeness (QED) is 0.220. The van der Waals surface area contributed by atoms with Crippen molar-refractivity contribution < 1.29 is 22.7 Å². The number of hydrogen-bond acceptors (Lipinski definition) is 7. The molecule has 4 rings (SSSR count). The number of anilines is 1. The summed E-state index contributed by atoms with van der Waals surface area (Å²) < 4.78 is 33.1. The number of thiocarbonyl (C=S) groups is 1. The molecule has 214 valence electrons. The third kappa shape index (κ3) is 8.08. The number of esters is 1. The lowest BCUT2D eigenvalue weighted by Crippen LogP contribution is -2.49. The standard InChI is InChI=1S/C30H32N4O5S2/c1-2-39-28(36)18-17-27(35)32-30(40)31-25-13-15-26(16-14-25)41(37,38)34-21-19-33(20-22-34)29(23-9-5-3-6-10-23)24-11-7-4-8-12-24/h3-18,29H,2,19-22H2,1H3,(H2,31,32,35,40)/b18-17+. The van der Waals surface area contributed by atoms with Gasteiger partial charge in [0.05, 0.1) is 17.5 Å². The highest BCUT2D eigenvalue weighted by molar-refractivity contribution is 7.89. The number of nitrogens with zero attached hydrogens (tertiary/aromatic N) is 2. The van der Waals surface area contributed by atoms with E-state index in [2.05, 4.69) is 39.8 Å². The average molecular weight is 593 g/mol. The van der Waals surface area contributed by atoms with Gasteiger partial charge in [-0.05, 0) is 54.5 Å². The van der Waals surface area contributed by atoms with Crippen molar-refractivity contribution in [1.29, 1.82) is 0 Å². The molecule has 1 saturated heterocycles. The molecule has 1 aliphatic heterocycles. The molecule has 0 saturated carbocycles. The van der Waals surface area contributed by atoms with Crippen LogP contribution in [0.25, 0.3) is 0 Å². The van der Waals surface area contributed by atoms with Crippen LogP contribution in [0.15, 0.2) is 102 Å². The molecule has 3 aromatic carbocycles. The second-order valence-electron chi connectivity index (χ2n) is 9.22. The number of carbonyl (C=O) groups is 2. The first-order chi connectivity index (χ1) is 19.8. The van der Waals surface area contributed by atoms with E-state index in [0.717, 1.165) is 12.2 Å². The van der Waals surface area contributed by atoms with Crippen LogP contribution in [0.3, 0.4) is 0 Å². The summed E-state index contributed by atoms with van der Waals surface area (Å²) in [6.07, 6.45) is 2.02. The third-order valence-electron chi connectivity index (χ3n) is 6.51. The summed E-state index contributed by atoms with van der Waals surface area (Å²) in [5.41, 5.74) is 2.84. The Kier molecular flexibility index (Phi) is 10.4. The van der Waals surface area contributed by atoms with Gasteiger partial charge in [0, 0.05) is 44.0 Å². The van der Waals surface area contributed by atoms with Gasteiger partial charge in [0.1, 0.15) is 0 Å². The van der Waals surface area contributed by atoms with E-state index in [1.807, 2.05) is 36.4 Å². The van der Waals surface area contributed by atoms with E-state index in [-0.39, 0.29) is 22.7 Å². The van der Waals surface area contributed by atoms with E-state index in [1.54, 1.807) is 19.1 Å². The third-order valence-corrected chi connectivity index (χ3v) is 8.63. The SMILES string of the molecule is CCOC(=O)/C=C/C(=O)NC(=S)Nc1ccc(S(=O)(=O)N2CCN(C(c3ccccc3)c3ccccc3)CC2)cc1. The molecule has 41 heavy (non-hydrogen) atoms. The van der Waals surface area contributed by atoms with E-state index in [1.165, 1.54) is 27.6 Å². The minimum Gasteiger partial charge on any atom is -0.463 e. The predicted molar refractivity (Wildman–Crippen MR) is 162 cm³/mol. The van der Waals surface area contributed by atoms with Gasteiger partial charge < -0.3 is 10.1 Å². The molecule has 2 N–H and O–H groups in total. The lowest BCUT2D eigenvalue weighted by atomic mass is 9.96. The van der Waals surface area contributed by atoms with Gasteiger partial charge in [-0.1, -0.05) is 60.7 Å². The number of ether oxygens (including phenoxy) is 1. The first-order valence-electron chi connectivity index (χ1n) is 13.2. The van der Waals surface area contributed by atoms with E-state index in [0.29, 0.717) is 31.9 Å². The number of carbonyl (C=O) groups excluding carboxylic acids is 2. The molecule has 0 aromatic heterocycles. The number of hydrogen-bond donors (Lipinski definition) is 2. The Morgan fingerprint density at radius 3 is 1.98 bits per heavy atom. The van der Waals surface area contributed by atoms with Crippen LogP contribution >= 0.6 is 12.2 Å². The minimum atomic E-state index is -3.70. The summed E-state index contributed by atoms with van der Waals surface area (Å²) in [7, 11) is -3.70. The molecule has 1 amide bonds. The number of amides is 1. The lowest BCUT2D eigenvalue weighted by molar-refractivity contribution is -0.137. The van der Waals surface area contributed by atoms with Crippen LogP contribution in [0, 0.1) is 0 Å². The molecule has 1 aliphatic rings. The smallest absolute Gasteiger partial charge is 0.330 e. The van der Waals surface area contributed by atoms with Gasteiger partial charge in [-0.2, -0.15) is 4.31 Å². The van der Waals surface area contributed by atoms with Crippen molar-refractivity contribution in [3.63, 3.8) is 0 Å². The number of nitrogens with one attached hydrogen (secondary N) is 2. The average Bonchev–Trinajstić information content (AvgIpc) is 2.98. The lowest BCUT2D eigenvalue weighted by Gasteiger charge is -2.39. The van der Waals surface area contributed by atoms with E-state index in [9.17, 15) is 18.0 Å². The zero-order valence-corrected chi connectivity index (χ0v) is 24.2. The van der Waals surface area contributed by atoms with E-state index in [4.69, 9.17) is 17.0 Å². The van der Waals surface area contributed by atoms with Crippen molar-refractivity contribution in [3.05, 3.63) is 108 Å². The largest absolute Gasteiger partial charge is 0.463 e. The summed E-state index contributed by atoms with van der Waals surface area (Å²) in [5, 5.41) is 5.24. The van der Waals surface area contributed by atoms with Crippen LogP contribution in [0.2, 0.25) is 0 Å². The Bertz CT molecular complexity index is 1430. The molecule has 0 spiro atoms. The predicted octanol–water partition coefficient (Wildman–Crippen LogP) is 3.71. The van der Waals surface area contributed by atoms with Crippen LogP contribution in [0.5, 0.6) is 0 Å². The normalized spacial score (nSPS) is 14.6. The van der Waals surface area contributed by atoms with Crippen molar-refractivity contribution in [1.82, 2.24) is 14.5 Å². The van der Waals surface area contributed by atoms with Crippen molar-refractivity contribution in [2.24, 2.45) is 0 Å². The fourth-order valence-corrected chi connectivity index (χ4v) is 6.24. The Morgan fingerprint density at radius 1 is 0.878 bits per heavy atom. The maximum Gasteiger partial charge on any atom is 0.330 e. The van der Waals surface area contributed by atoms with Gasteiger partial charge in [0.25, 0.3) is 0 Å². The molecule has 9 nitrogen and oxygen atoms in total. The zero-order valence-electron chi connectivity index (χ0n) is 22.6. The molecule has 11 heteroatoms. The monoisotopic (exact) mass is 592 g/mol. The highest BCUT2D eigenvalue weighted by Crippen LogP contribution is 2.30. The van der Waals surface area contributed by atoms with Crippen molar-refractivity contribution in [2.75, 3.05) is 38.1 Å². The highest BCUT2D eigenvalue weighted by atomic mass is 32.2. The Hall–Kier alpha value is -3.90. The number of sulfonamides is 1. The molecular formula is C30H32N4O5S2. The first kappa shape index (κ1) is 30.1. The van der Waals surface area contributed by atoms with Gasteiger partial charge in [0.15, 0.2) is 5.11 Å². The van der Waals surface area contributed by atoms with Gasteiger partial charge in [0.2, 0.25) is 15.9 Å². The van der Waals surface area contributed by atoms with Crippen LogP contribution in [-0.4, -0.2) is 67.4 Å². The summed E-state index contributed by atoms with van der Waals surface area (Å²) in [4.78, 5) is 25.7. The minimum absolute atomic E-state index is 0.00150. The number of piperazine rings is 1. The molecular weight excluding hydrogens is 560 g/mol. The second-order valence-corrected chi connectivity index (χ2v) is 11.6. The fraction of sp³-hybridized carbons (Fsp3) is 0.233. The summed E-state index contributed by atoms with van der Waals surface area (Å²) in [5.74, 6) is -1.23. The first-order valence-corrected chi connectivity index (χ1v) is 15.0. The maximum atomic E-state index is 13.4. The van der Waals surface area contributed by atoms with Crippen molar-refractivity contribution in [2.45, 2.75) is 17.9 Å². The highest BCUT2D eigenvalue weighted by Gasteiger charge is 2.32. The molecule has 1 fully saturated rings. The van der Waals surface area contributed by atoms with Gasteiger partial charge >= 0.3 is 5.97 Å². The fourth-order valence-electron chi connectivity index (χ4n) is 4.60. The van der Waals surface area contributed by atoms with Crippen LogP contribution in [-0.2, 0) is 24.3 Å². The van der Waals surface area contributed by atoms with Crippen LogP contribution in [0.1, 0.15) is 24.1 Å². The molecule has 0 bridgehead atoms. The van der Waals surface area contributed by atoms with E-state index >= 15 is 0 Å². The molecule has 0 radical (unpaired) electrons. The Balaban J connectivity index is 1.36. The molecule has 0 atom stereocenters. The maximum absolute atomic E-state index is 13.4. The van der Waals surface area contributed by atoms with Gasteiger partial charge in [-0.3, -0.25) is 15.0 Å². The topological polar surface area (TPSA) is 108 Å². The van der Waals surface area contributed by atoms with Gasteiger partial charge in [-0.25, -0.2) is 13.2 Å². The Labute approximate surface area is 245 Å². The molecule has 0 aliphatic carbocycles. The van der Waals surface area contributed by atoms with Crippen molar-refractivity contribution in [3.8, 4) is 0 Å². The number of rotatable bonds is 9. The van der Waals surface area contributed by atoms with Gasteiger partial charge in [-0.15, -0.1) is 0 Å². The Morgan fingerprint density at radius 2 is 1.44 bits per heavy atom. The zero-order chi connectivity index (χ0) is 29.2. The molecule has 1 heterocycles. The number of benzene rings is 3. The second kappa shape index (κ2) is 14.1. The van der Waals surface area contributed by atoms with Crippen molar-refractivity contribution >= 4 is 44.9 Å². The van der Waals surface area contributed by atoms with E-state index < -0.39 is 21.9 Å². The summed E-state index contributed by atoms with van der Waals surface area (Å²) in [6, 6.07) is 26.7. The molecule has 3 aromatic rings. The summed E-state index contributed by atoms with van der Waals surface area (Å²) in [6.45, 7) is 3.78. The molecule has 0 unspecified atom stereocenters. The summed E-state index contributed by atoms with van der Waals surface area (Å²) >= 11 is 5.13. The van der Waals surface area contributed by atoms with Crippen LogP contribution < -0.4 is 10.6 Å². The van der Waals surface area contributed by atoms with Crippen LogP contribution in [0.4, 0.5) is 5.69 Å².